The van der Waals surface area contributed by atoms with Gasteiger partial charge in [-0.05, 0) is 24.3 Å². The molecule has 0 unspecified atom stereocenters. The molecule has 0 aliphatic heterocycles. The lowest BCUT2D eigenvalue weighted by Crippen LogP contribution is -2.41. The quantitative estimate of drug-likeness (QED) is 0.829. The summed E-state index contributed by atoms with van der Waals surface area (Å²) in [7, 11) is 0. The molecule has 1 N–H and O–H groups in total. The minimum absolute atomic E-state index is 0.302. The third kappa shape index (κ3) is 2.83. The molecule has 0 saturated carbocycles. The zero-order valence-electron chi connectivity index (χ0n) is 9.96. The standard InChI is InChI=1S/C13H12N2O3S/c14-7-8-5-6-19-12(8)15-11(16)9-3-1-2-4-10(9)13(17)18/h1-2,5-6,9-10H,3-4H2,(H,15,16)(H,17,18)/p-1/t9-,10+/m1/s1. The van der Waals surface area contributed by atoms with Crippen LogP contribution in [0.4, 0.5) is 5.00 Å². The molecule has 1 aliphatic rings. The average Bonchev–Trinajstić information content (AvgIpc) is 2.85. The second-order valence-corrected chi connectivity index (χ2v) is 5.16. The molecule has 2 atom stereocenters. The Bertz CT molecular complexity index is 571. The number of nitrogens with one attached hydrogen (secondary N) is 1. The highest BCUT2D eigenvalue weighted by molar-refractivity contribution is 7.14. The van der Waals surface area contributed by atoms with Gasteiger partial charge in [0.25, 0.3) is 0 Å². The number of carboxylic acid groups (broad SMARTS) is 1. The molecular formula is C13H11N2O3S-. The van der Waals surface area contributed by atoms with E-state index in [1.807, 2.05) is 6.07 Å². The first-order valence-electron chi connectivity index (χ1n) is 5.77. The van der Waals surface area contributed by atoms with Gasteiger partial charge in [-0.1, -0.05) is 12.2 Å². The van der Waals surface area contributed by atoms with Crippen LogP contribution in [0.5, 0.6) is 0 Å². The van der Waals surface area contributed by atoms with E-state index < -0.39 is 17.8 Å². The van der Waals surface area contributed by atoms with Crippen molar-refractivity contribution in [2.45, 2.75) is 12.8 Å². The van der Waals surface area contributed by atoms with Crippen molar-refractivity contribution in [1.82, 2.24) is 0 Å². The van der Waals surface area contributed by atoms with Crippen LogP contribution in [0.2, 0.25) is 0 Å². The molecule has 1 heterocycles. The van der Waals surface area contributed by atoms with E-state index in [1.54, 1.807) is 23.6 Å². The molecule has 98 valence electrons. The maximum Gasteiger partial charge on any atom is 0.229 e. The fourth-order valence-electron chi connectivity index (χ4n) is 2.06. The smallest absolute Gasteiger partial charge is 0.229 e. The Labute approximate surface area is 114 Å². The van der Waals surface area contributed by atoms with Crippen LogP contribution in [0.15, 0.2) is 23.6 Å². The fourth-order valence-corrected chi connectivity index (χ4v) is 2.80. The molecule has 0 saturated heterocycles. The molecule has 19 heavy (non-hydrogen) atoms. The Morgan fingerprint density at radius 2 is 2.05 bits per heavy atom. The molecule has 0 spiro atoms. The number of anilines is 1. The summed E-state index contributed by atoms with van der Waals surface area (Å²) in [4.78, 5) is 23.1. The number of aliphatic carboxylic acids is 1. The number of carbonyl (C=O) groups is 2. The molecule has 0 aromatic carbocycles. The third-order valence-corrected chi connectivity index (χ3v) is 3.92. The lowest BCUT2D eigenvalue weighted by Gasteiger charge is -2.28. The van der Waals surface area contributed by atoms with Gasteiger partial charge in [-0.25, -0.2) is 0 Å². The second kappa shape index (κ2) is 5.67. The van der Waals surface area contributed by atoms with Gasteiger partial charge in [0.1, 0.15) is 11.1 Å². The van der Waals surface area contributed by atoms with E-state index in [4.69, 9.17) is 5.26 Å². The molecule has 1 aliphatic carbocycles. The highest BCUT2D eigenvalue weighted by Crippen LogP contribution is 2.28. The molecule has 2 rings (SSSR count). The van der Waals surface area contributed by atoms with Crippen molar-refractivity contribution in [3.05, 3.63) is 29.2 Å². The van der Waals surface area contributed by atoms with E-state index in [2.05, 4.69) is 5.32 Å². The molecule has 1 aromatic heterocycles. The van der Waals surface area contributed by atoms with Crippen LogP contribution < -0.4 is 10.4 Å². The topological polar surface area (TPSA) is 93.0 Å². The van der Waals surface area contributed by atoms with E-state index in [9.17, 15) is 14.7 Å². The lowest BCUT2D eigenvalue weighted by molar-refractivity contribution is -0.313. The summed E-state index contributed by atoms with van der Waals surface area (Å²) in [5.74, 6) is -3.05. The normalized spacial score (nSPS) is 21.6. The van der Waals surface area contributed by atoms with E-state index in [-0.39, 0.29) is 5.91 Å². The molecule has 6 heteroatoms. The summed E-state index contributed by atoms with van der Waals surface area (Å²) in [5, 5.41) is 24.7. The molecular weight excluding hydrogens is 264 g/mol. The first-order valence-corrected chi connectivity index (χ1v) is 6.65. The zero-order chi connectivity index (χ0) is 13.8. The zero-order valence-corrected chi connectivity index (χ0v) is 10.8. The maximum absolute atomic E-state index is 12.1. The summed E-state index contributed by atoms with van der Waals surface area (Å²) in [6, 6.07) is 3.58. The molecule has 0 radical (unpaired) electrons. The van der Waals surface area contributed by atoms with Crippen LogP contribution >= 0.6 is 11.3 Å². The van der Waals surface area contributed by atoms with Crippen molar-refractivity contribution in [3.63, 3.8) is 0 Å². The molecule has 0 bridgehead atoms. The summed E-state index contributed by atoms with van der Waals surface area (Å²) >= 11 is 1.24. The summed E-state index contributed by atoms with van der Waals surface area (Å²) in [6.45, 7) is 0. The number of allylic oxidation sites excluding steroid dienone is 2. The van der Waals surface area contributed by atoms with Crippen LogP contribution in [0.25, 0.3) is 0 Å². The number of nitriles is 1. The minimum Gasteiger partial charge on any atom is -0.550 e. The van der Waals surface area contributed by atoms with Gasteiger partial charge in [0.15, 0.2) is 0 Å². The van der Waals surface area contributed by atoms with Crippen molar-refractivity contribution >= 4 is 28.2 Å². The van der Waals surface area contributed by atoms with Gasteiger partial charge in [-0.3, -0.25) is 4.79 Å². The van der Waals surface area contributed by atoms with Gasteiger partial charge in [0.05, 0.1) is 11.5 Å². The number of hydrogen-bond donors (Lipinski definition) is 1. The van der Waals surface area contributed by atoms with Crippen LogP contribution in [0.3, 0.4) is 0 Å². The first kappa shape index (κ1) is 13.3. The number of amides is 1. The van der Waals surface area contributed by atoms with E-state index in [0.29, 0.717) is 23.4 Å². The van der Waals surface area contributed by atoms with E-state index >= 15 is 0 Å². The van der Waals surface area contributed by atoms with Gasteiger partial charge in [0, 0.05) is 11.9 Å². The maximum atomic E-state index is 12.1. The minimum atomic E-state index is -1.21. The second-order valence-electron chi connectivity index (χ2n) is 4.24. The molecule has 1 amide bonds. The molecule has 5 nitrogen and oxygen atoms in total. The van der Waals surface area contributed by atoms with Crippen LogP contribution in [-0.4, -0.2) is 11.9 Å². The predicted octanol–water partition coefficient (Wildman–Crippen LogP) is 0.891. The van der Waals surface area contributed by atoms with Crippen molar-refractivity contribution < 1.29 is 14.7 Å². The number of nitrogens with zero attached hydrogens (tertiary/aromatic N) is 1. The summed E-state index contributed by atoms with van der Waals surface area (Å²) < 4.78 is 0. The van der Waals surface area contributed by atoms with Crippen molar-refractivity contribution in [1.29, 1.82) is 5.26 Å². The Balaban J connectivity index is 2.13. The van der Waals surface area contributed by atoms with Crippen molar-refractivity contribution in [2.75, 3.05) is 5.32 Å². The summed E-state index contributed by atoms with van der Waals surface area (Å²) in [5.41, 5.74) is 0.384. The fraction of sp³-hybridized carbons (Fsp3) is 0.308. The highest BCUT2D eigenvalue weighted by Gasteiger charge is 2.30. The average molecular weight is 275 g/mol. The van der Waals surface area contributed by atoms with E-state index in [0.717, 1.165) is 0 Å². The Hall–Kier alpha value is -2.13. The van der Waals surface area contributed by atoms with Gasteiger partial charge in [0.2, 0.25) is 5.91 Å². The molecule has 0 fully saturated rings. The highest BCUT2D eigenvalue weighted by atomic mass is 32.1. The number of hydrogen-bond acceptors (Lipinski definition) is 5. The molecule has 1 aromatic rings. The Kier molecular flexibility index (Phi) is 3.97. The van der Waals surface area contributed by atoms with Crippen LogP contribution in [-0.2, 0) is 9.59 Å². The van der Waals surface area contributed by atoms with Crippen LogP contribution in [0.1, 0.15) is 18.4 Å². The van der Waals surface area contributed by atoms with Crippen molar-refractivity contribution in [2.24, 2.45) is 11.8 Å². The Morgan fingerprint density at radius 3 is 2.68 bits per heavy atom. The van der Waals surface area contributed by atoms with Gasteiger partial charge in [-0.15, -0.1) is 11.3 Å². The number of rotatable bonds is 3. The predicted molar refractivity (Wildman–Crippen MR) is 68.0 cm³/mol. The summed E-state index contributed by atoms with van der Waals surface area (Å²) in [6.07, 6.45) is 4.22. The van der Waals surface area contributed by atoms with Gasteiger partial charge >= 0.3 is 0 Å². The Morgan fingerprint density at radius 1 is 1.37 bits per heavy atom. The van der Waals surface area contributed by atoms with Gasteiger partial charge in [-0.2, -0.15) is 5.26 Å². The lowest BCUT2D eigenvalue weighted by atomic mass is 9.82. The van der Waals surface area contributed by atoms with Crippen LogP contribution in [0, 0.1) is 23.2 Å². The first-order chi connectivity index (χ1) is 9.13. The SMILES string of the molecule is N#Cc1ccsc1NC(=O)[C@@H]1CC=CC[C@@H]1C(=O)[O-]. The monoisotopic (exact) mass is 275 g/mol. The van der Waals surface area contributed by atoms with Crippen molar-refractivity contribution in [3.8, 4) is 6.07 Å². The third-order valence-electron chi connectivity index (χ3n) is 3.09. The number of carbonyl (C=O) groups excluding carboxylic acids is 2. The largest absolute Gasteiger partial charge is 0.550 e. The number of thiophene rings is 1. The number of carboxylic acids is 1. The van der Waals surface area contributed by atoms with Gasteiger partial charge < -0.3 is 15.2 Å². The van der Waals surface area contributed by atoms with E-state index in [1.165, 1.54) is 11.3 Å².